The van der Waals surface area contributed by atoms with E-state index in [-0.39, 0.29) is 0 Å². The number of para-hydroxylation sites is 2. The fraction of sp³-hybridized carbons (Fsp3) is 0.0909. The SMILES string of the molecule is c1ccc2c(c1)Oc1ccccc1C2=C1SC2=C(SC(=C3SC4=C(OCCO4)S3)S2)S1. The number of rotatable bonds is 0. The third-order valence-electron chi connectivity index (χ3n) is 4.90. The van der Waals surface area contributed by atoms with E-state index < -0.39 is 0 Å². The van der Waals surface area contributed by atoms with E-state index in [1.54, 1.807) is 23.5 Å². The first kappa shape index (κ1) is 19.4. The van der Waals surface area contributed by atoms with Crippen LogP contribution in [0.5, 0.6) is 11.5 Å². The van der Waals surface area contributed by atoms with Crippen molar-refractivity contribution < 1.29 is 14.2 Å². The van der Waals surface area contributed by atoms with Crippen LogP contribution in [-0.2, 0) is 9.47 Å². The van der Waals surface area contributed by atoms with E-state index in [9.17, 15) is 0 Å². The monoisotopic (exact) mass is 516 g/mol. The van der Waals surface area contributed by atoms with Crippen LogP contribution in [0.2, 0.25) is 0 Å². The maximum atomic E-state index is 6.17. The Morgan fingerprint density at radius 2 is 0.968 bits per heavy atom. The van der Waals surface area contributed by atoms with Crippen LogP contribution in [-0.4, -0.2) is 13.2 Å². The maximum absolute atomic E-state index is 6.17. The summed E-state index contributed by atoms with van der Waals surface area (Å²) < 4.78 is 24.3. The predicted octanol–water partition coefficient (Wildman–Crippen LogP) is 8.38. The largest absolute Gasteiger partial charge is 0.480 e. The molecule has 31 heavy (non-hydrogen) atoms. The highest BCUT2D eigenvalue weighted by molar-refractivity contribution is 8.49. The quantitative estimate of drug-likeness (QED) is 0.292. The second-order valence-corrected chi connectivity index (χ2v) is 14.1. The number of benzene rings is 2. The van der Waals surface area contributed by atoms with Crippen LogP contribution in [0.3, 0.4) is 0 Å². The number of thioether (sulfide) groups is 6. The molecule has 0 spiro atoms. The molecule has 0 saturated carbocycles. The molecule has 0 aromatic heterocycles. The molecule has 154 valence electrons. The number of fused-ring (bicyclic) bond motifs is 2. The molecular weight excluding hydrogens is 505 g/mol. The minimum Gasteiger partial charge on any atom is -0.480 e. The van der Waals surface area contributed by atoms with Crippen molar-refractivity contribution in [1.29, 1.82) is 0 Å². The van der Waals surface area contributed by atoms with Crippen LogP contribution in [0, 0.1) is 0 Å². The van der Waals surface area contributed by atoms with Crippen LogP contribution in [0.1, 0.15) is 11.1 Å². The van der Waals surface area contributed by atoms with Crippen molar-refractivity contribution in [3.05, 3.63) is 91.0 Å². The van der Waals surface area contributed by atoms with Gasteiger partial charge in [-0.1, -0.05) is 83.4 Å². The normalized spacial score (nSPS) is 21.4. The van der Waals surface area contributed by atoms with Crippen molar-refractivity contribution in [3.63, 3.8) is 0 Å². The van der Waals surface area contributed by atoms with Gasteiger partial charge in [0.25, 0.3) is 0 Å². The average Bonchev–Trinajstić information content (AvgIpc) is 3.50. The Hall–Kier alpha value is -1.10. The molecule has 0 saturated heterocycles. The zero-order valence-electron chi connectivity index (χ0n) is 15.7. The molecule has 2 aromatic rings. The standard InChI is InChI=1S/C22H12O3S6/c1-3-7-13-11(5-1)15(12-6-2-4-8-14(12)25-13)18-28-21-22(29-18)31-20(30-21)19-26-16-17(27-19)24-10-9-23-16/h1-8H,9-10H2. The van der Waals surface area contributed by atoms with E-state index in [0.29, 0.717) is 13.2 Å². The topological polar surface area (TPSA) is 27.7 Å². The van der Waals surface area contributed by atoms with Gasteiger partial charge < -0.3 is 14.2 Å². The molecule has 0 radical (unpaired) electrons. The lowest BCUT2D eigenvalue weighted by Gasteiger charge is -2.24. The number of hydrogen-bond acceptors (Lipinski definition) is 9. The fourth-order valence-electron chi connectivity index (χ4n) is 3.58. The summed E-state index contributed by atoms with van der Waals surface area (Å²) in [4.78, 5) is 0. The van der Waals surface area contributed by atoms with Gasteiger partial charge in [-0.15, -0.1) is 0 Å². The van der Waals surface area contributed by atoms with E-state index in [1.165, 1.54) is 37.9 Å². The summed E-state index contributed by atoms with van der Waals surface area (Å²) in [6.07, 6.45) is 0. The molecule has 5 aliphatic heterocycles. The Morgan fingerprint density at radius 1 is 0.516 bits per heavy atom. The first-order valence-electron chi connectivity index (χ1n) is 9.50. The molecule has 2 aromatic carbocycles. The van der Waals surface area contributed by atoms with E-state index in [1.807, 2.05) is 59.2 Å². The number of ether oxygens (including phenoxy) is 3. The molecule has 0 fully saturated rings. The van der Waals surface area contributed by atoms with Crippen molar-refractivity contribution >= 4 is 76.1 Å². The van der Waals surface area contributed by atoms with Gasteiger partial charge in [-0.2, -0.15) is 0 Å². The Labute approximate surface area is 204 Å². The van der Waals surface area contributed by atoms with Crippen LogP contribution >= 0.6 is 70.6 Å². The summed E-state index contributed by atoms with van der Waals surface area (Å²) >= 11 is 10.9. The summed E-state index contributed by atoms with van der Waals surface area (Å²) in [6.45, 7) is 1.28. The molecule has 5 aliphatic rings. The molecule has 0 aliphatic carbocycles. The average molecular weight is 517 g/mol. The highest BCUT2D eigenvalue weighted by atomic mass is 32.3. The summed E-state index contributed by atoms with van der Waals surface area (Å²) in [7, 11) is 0. The Balaban J connectivity index is 1.21. The molecule has 0 unspecified atom stereocenters. The van der Waals surface area contributed by atoms with Crippen molar-refractivity contribution in [2.75, 3.05) is 13.2 Å². The molecule has 0 amide bonds. The lowest BCUT2D eigenvalue weighted by atomic mass is 9.95. The smallest absolute Gasteiger partial charge is 0.208 e. The molecule has 0 N–H and O–H groups in total. The highest BCUT2D eigenvalue weighted by Crippen LogP contribution is 2.71. The van der Waals surface area contributed by atoms with E-state index in [4.69, 9.17) is 14.2 Å². The van der Waals surface area contributed by atoms with Crippen molar-refractivity contribution in [2.24, 2.45) is 0 Å². The Kier molecular flexibility index (Phi) is 4.84. The molecule has 3 nitrogen and oxygen atoms in total. The molecular formula is C22H12O3S6. The van der Waals surface area contributed by atoms with Gasteiger partial charge in [0.1, 0.15) is 24.7 Å². The van der Waals surface area contributed by atoms with Gasteiger partial charge in [0.15, 0.2) is 0 Å². The van der Waals surface area contributed by atoms with Crippen LogP contribution in [0.15, 0.2) is 79.9 Å². The van der Waals surface area contributed by atoms with E-state index in [0.717, 1.165) is 21.7 Å². The van der Waals surface area contributed by atoms with Crippen molar-refractivity contribution in [2.45, 2.75) is 0 Å². The molecule has 5 heterocycles. The Morgan fingerprint density at radius 3 is 1.52 bits per heavy atom. The molecule has 0 atom stereocenters. The minimum atomic E-state index is 0.638. The minimum absolute atomic E-state index is 0.638. The summed E-state index contributed by atoms with van der Waals surface area (Å²) in [5.41, 5.74) is 3.61. The van der Waals surface area contributed by atoms with Gasteiger partial charge in [-0.05, 0) is 35.7 Å². The van der Waals surface area contributed by atoms with E-state index >= 15 is 0 Å². The summed E-state index contributed by atoms with van der Waals surface area (Å²) in [6, 6.07) is 16.7. The first-order valence-corrected chi connectivity index (χ1v) is 14.4. The fourth-order valence-corrected chi connectivity index (χ4v) is 12.6. The number of hydrogen-bond donors (Lipinski definition) is 0. The van der Waals surface area contributed by atoms with Crippen molar-refractivity contribution in [3.8, 4) is 11.5 Å². The van der Waals surface area contributed by atoms with Gasteiger partial charge in [-0.3, -0.25) is 0 Å². The predicted molar refractivity (Wildman–Crippen MR) is 138 cm³/mol. The van der Waals surface area contributed by atoms with E-state index in [2.05, 4.69) is 36.4 Å². The third kappa shape index (κ3) is 3.28. The lowest BCUT2D eigenvalue weighted by Crippen LogP contribution is -2.08. The first-order chi connectivity index (χ1) is 15.3. The third-order valence-corrected chi connectivity index (χ3v) is 13.4. The summed E-state index contributed by atoms with van der Waals surface area (Å²) in [5.74, 6) is 1.85. The van der Waals surface area contributed by atoms with Gasteiger partial charge in [-0.25, -0.2) is 0 Å². The van der Waals surface area contributed by atoms with Crippen LogP contribution in [0.25, 0.3) is 5.57 Å². The molecule has 0 bridgehead atoms. The van der Waals surface area contributed by atoms with Crippen molar-refractivity contribution in [1.82, 2.24) is 0 Å². The van der Waals surface area contributed by atoms with Gasteiger partial charge >= 0.3 is 0 Å². The van der Waals surface area contributed by atoms with Crippen LogP contribution in [0.4, 0.5) is 0 Å². The zero-order chi connectivity index (χ0) is 20.4. The second kappa shape index (κ2) is 7.74. The summed E-state index contributed by atoms with van der Waals surface area (Å²) in [5, 5.41) is 1.84. The van der Waals surface area contributed by atoms with Gasteiger partial charge in [0, 0.05) is 16.7 Å². The lowest BCUT2D eigenvalue weighted by molar-refractivity contribution is 0.0949. The zero-order valence-corrected chi connectivity index (χ0v) is 20.6. The Bertz CT molecular complexity index is 1190. The van der Waals surface area contributed by atoms with Gasteiger partial charge in [0.2, 0.25) is 10.2 Å². The highest BCUT2D eigenvalue weighted by Gasteiger charge is 2.38. The molecule has 9 heteroatoms. The van der Waals surface area contributed by atoms with Gasteiger partial charge in [0.05, 0.1) is 21.2 Å². The maximum Gasteiger partial charge on any atom is 0.208 e. The molecule has 7 rings (SSSR count). The second-order valence-electron chi connectivity index (χ2n) is 6.79. The van der Waals surface area contributed by atoms with Crippen LogP contribution < -0.4 is 4.74 Å².